The third-order valence-corrected chi connectivity index (χ3v) is 12.2. The fraction of sp³-hybridized carbons (Fsp3) is 0.488. The summed E-state index contributed by atoms with van der Waals surface area (Å²) in [7, 11) is 2.50. The van der Waals surface area contributed by atoms with Crippen molar-refractivity contribution in [2.75, 3.05) is 20.8 Å². The average Bonchev–Trinajstić information content (AvgIpc) is 4.07. The quantitative estimate of drug-likeness (QED) is 0.127. The number of alkyl halides is 2. The molecule has 4 amide bonds. The highest BCUT2D eigenvalue weighted by Crippen LogP contribution is 2.52. The summed E-state index contributed by atoms with van der Waals surface area (Å²) in [5.41, 5.74) is 4.67. The summed E-state index contributed by atoms with van der Waals surface area (Å²) in [4.78, 5) is 71.1. The second-order valence-corrected chi connectivity index (χ2v) is 16.3. The Labute approximate surface area is 341 Å². The molecule has 2 saturated heterocycles. The number of carbonyl (C=O) groups excluding carboxylic acids is 4. The highest BCUT2D eigenvalue weighted by Gasteiger charge is 2.55. The molecule has 314 valence electrons. The molecule has 14 nitrogen and oxygen atoms in total. The molecule has 4 aromatic rings. The number of ether oxygens (including phenoxy) is 2. The van der Waals surface area contributed by atoms with Gasteiger partial charge in [0.25, 0.3) is 0 Å². The van der Waals surface area contributed by atoms with E-state index in [4.69, 9.17) is 9.47 Å². The van der Waals surface area contributed by atoms with Crippen molar-refractivity contribution in [3.8, 4) is 33.6 Å². The number of alkyl carbamates (subject to hydrolysis) is 2. The van der Waals surface area contributed by atoms with E-state index in [0.29, 0.717) is 31.0 Å². The van der Waals surface area contributed by atoms with Gasteiger partial charge in [0.15, 0.2) is 0 Å². The number of aromatic amines is 2. The van der Waals surface area contributed by atoms with E-state index in [9.17, 15) is 28.0 Å². The first-order valence-electron chi connectivity index (χ1n) is 20.2. The van der Waals surface area contributed by atoms with Gasteiger partial charge < -0.3 is 39.9 Å². The molecule has 1 aliphatic carbocycles. The number of nitrogens with zero attached hydrogens (tertiary/aromatic N) is 4. The van der Waals surface area contributed by atoms with Gasteiger partial charge >= 0.3 is 12.2 Å². The molecule has 1 saturated carbocycles. The van der Waals surface area contributed by atoms with Gasteiger partial charge in [0, 0.05) is 24.9 Å². The molecule has 4 unspecified atom stereocenters. The maximum atomic E-state index is 14.3. The van der Waals surface area contributed by atoms with E-state index in [1.807, 2.05) is 62.4 Å². The van der Waals surface area contributed by atoms with E-state index in [1.54, 1.807) is 29.1 Å². The monoisotopic (exact) mass is 814 g/mol. The van der Waals surface area contributed by atoms with Crippen LogP contribution in [0.5, 0.6) is 0 Å². The predicted octanol–water partition coefficient (Wildman–Crippen LogP) is 7.53. The Bertz CT molecular complexity index is 2140. The van der Waals surface area contributed by atoms with Crippen LogP contribution in [-0.2, 0) is 19.1 Å². The Balaban J connectivity index is 1.03. The normalized spacial score (nSPS) is 20.7. The Kier molecular flexibility index (Phi) is 11.8. The number of methoxy groups -OCH3 is 2. The van der Waals surface area contributed by atoms with Gasteiger partial charge in [-0.25, -0.2) is 28.3 Å². The number of amides is 4. The van der Waals surface area contributed by atoms with Crippen molar-refractivity contribution < 1.29 is 37.4 Å². The molecule has 4 heterocycles. The molecule has 2 aromatic carbocycles. The average molecular weight is 815 g/mol. The zero-order valence-electron chi connectivity index (χ0n) is 34.0. The topological polar surface area (TPSA) is 175 Å². The number of benzene rings is 2. The van der Waals surface area contributed by atoms with Crippen molar-refractivity contribution in [1.82, 2.24) is 40.4 Å². The molecule has 4 atom stereocenters. The van der Waals surface area contributed by atoms with Gasteiger partial charge in [-0.1, -0.05) is 62.4 Å². The zero-order chi connectivity index (χ0) is 42.1. The van der Waals surface area contributed by atoms with Gasteiger partial charge in [0.05, 0.1) is 50.1 Å². The van der Waals surface area contributed by atoms with Gasteiger partial charge in [-0.2, -0.15) is 0 Å². The van der Waals surface area contributed by atoms with Crippen LogP contribution in [0.25, 0.3) is 33.6 Å². The molecule has 4 N–H and O–H groups in total. The number of H-pyrrole nitrogens is 2. The number of hydrogen-bond acceptors (Lipinski definition) is 8. The van der Waals surface area contributed by atoms with E-state index in [1.165, 1.54) is 14.2 Å². The highest BCUT2D eigenvalue weighted by molar-refractivity contribution is 5.87. The number of nitrogens with one attached hydrogen (secondary N) is 4. The molecule has 3 aliphatic rings. The zero-order valence-corrected chi connectivity index (χ0v) is 34.0. The summed E-state index contributed by atoms with van der Waals surface area (Å²) in [6, 6.07) is 13.8. The smallest absolute Gasteiger partial charge is 0.407 e. The first-order valence-corrected chi connectivity index (χ1v) is 20.2. The van der Waals surface area contributed by atoms with Crippen LogP contribution in [0, 0.1) is 5.92 Å². The van der Waals surface area contributed by atoms with Crippen LogP contribution in [0.3, 0.4) is 0 Å². The van der Waals surface area contributed by atoms with Crippen LogP contribution >= 0.6 is 0 Å². The Hall–Kier alpha value is -5.80. The fourth-order valence-electron chi connectivity index (χ4n) is 8.89. The first-order chi connectivity index (χ1) is 28.2. The van der Waals surface area contributed by atoms with Crippen LogP contribution < -0.4 is 10.6 Å². The summed E-state index contributed by atoms with van der Waals surface area (Å²) in [6.07, 6.45) is 4.56. The Morgan fingerprint density at radius 2 is 1.22 bits per heavy atom. The Morgan fingerprint density at radius 3 is 1.75 bits per heavy atom. The second kappa shape index (κ2) is 16.8. The Morgan fingerprint density at radius 1 is 0.712 bits per heavy atom. The molecule has 59 heavy (non-hydrogen) atoms. The van der Waals surface area contributed by atoms with Crippen molar-refractivity contribution in [2.24, 2.45) is 5.92 Å². The van der Waals surface area contributed by atoms with Gasteiger partial charge in [0.2, 0.25) is 17.7 Å². The molecule has 0 radical (unpaired) electrons. The number of likely N-dealkylation sites (tertiary alicyclic amines) is 2. The molecule has 3 fully saturated rings. The molecule has 2 aromatic heterocycles. The number of hydrogen-bond donors (Lipinski definition) is 4. The summed E-state index contributed by atoms with van der Waals surface area (Å²) >= 11 is 0. The lowest BCUT2D eigenvalue weighted by atomic mass is 9.78. The SMILES string of the molecule is COC(=O)NC(C)C(=O)N1C(c2ncc(-c3ccc(-c4ccc(-c5cnc(C6CCCN6C(=O)C(NC(=O)OC)C(C)C)[nH]5)cc4)cc3)[nH]2)CCC12CCC(F)(F)CC2. The molecule has 1 spiro atoms. The minimum atomic E-state index is -2.77. The molecular formula is C43H52F2N8O6. The first kappa shape index (κ1) is 41.4. The summed E-state index contributed by atoms with van der Waals surface area (Å²) < 4.78 is 38.1. The fourth-order valence-corrected chi connectivity index (χ4v) is 8.89. The van der Waals surface area contributed by atoms with Crippen molar-refractivity contribution in [3.05, 3.63) is 72.6 Å². The van der Waals surface area contributed by atoms with E-state index in [-0.39, 0.29) is 49.5 Å². The second-order valence-electron chi connectivity index (χ2n) is 16.3. The van der Waals surface area contributed by atoms with Crippen molar-refractivity contribution in [2.45, 2.75) is 108 Å². The number of rotatable bonds is 10. The lowest BCUT2D eigenvalue weighted by molar-refractivity contribution is -0.146. The third kappa shape index (κ3) is 8.53. The van der Waals surface area contributed by atoms with Crippen molar-refractivity contribution >= 4 is 24.0 Å². The highest BCUT2D eigenvalue weighted by atomic mass is 19.3. The third-order valence-electron chi connectivity index (χ3n) is 12.2. The summed E-state index contributed by atoms with van der Waals surface area (Å²) in [5, 5.41) is 5.23. The van der Waals surface area contributed by atoms with Crippen LogP contribution in [0.15, 0.2) is 60.9 Å². The number of imidazole rings is 2. The number of carbonyl (C=O) groups is 4. The number of aromatic nitrogens is 4. The minimum absolute atomic E-state index is 0.123. The van der Waals surface area contributed by atoms with Gasteiger partial charge in [-0.3, -0.25) is 9.59 Å². The maximum absolute atomic E-state index is 14.3. The molecular weight excluding hydrogens is 763 g/mol. The lowest BCUT2D eigenvalue weighted by Crippen LogP contribution is -2.56. The predicted molar refractivity (Wildman–Crippen MR) is 215 cm³/mol. The molecule has 16 heteroatoms. The lowest BCUT2D eigenvalue weighted by Gasteiger charge is -2.46. The summed E-state index contributed by atoms with van der Waals surface area (Å²) in [6.45, 7) is 5.92. The van der Waals surface area contributed by atoms with Crippen LogP contribution in [0.1, 0.15) is 95.9 Å². The van der Waals surface area contributed by atoms with Crippen LogP contribution in [0.2, 0.25) is 0 Å². The minimum Gasteiger partial charge on any atom is -0.453 e. The van der Waals surface area contributed by atoms with E-state index >= 15 is 0 Å². The van der Waals surface area contributed by atoms with Crippen LogP contribution in [-0.4, -0.2) is 98.0 Å². The van der Waals surface area contributed by atoms with Crippen LogP contribution in [0.4, 0.5) is 18.4 Å². The van der Waals surface area contributed by atoms with E-state index < -0.39 is 41.8 Å². The summed E-state index contributed by atoms with van der Waals surface area (Å²) in [5.74, 6) is -2.14. The largest absolute Gasteiger partial charge is 0.453 e. The van der Waals surface area contributed by atoms with Crippen molar-refractivity contribution in [1.29, 1.82) is 0 Å². The van der Waals surface area contributed by atoms with Gasteiger partial charge in [-0.05, 0) is 73.6 Å². The number of halogens is 2. The standard InChI is InChI=1S/C43H52F2N8O6/c1-25(2)35(51-41(57)59-5)39(55)52-22-6-7-33(52)36-46-23-31(49-36)29-12-8-27(9-13-29)28-10-14-30(15-11-28)32-24-47-37(50-32)34-16-17-42(18-20-43(44,45)21-19-42)53(34)38(54)26(3)48-40(56)58-4/h8-15,23-26,33-35H,6-7,16-22H2,1-5H3,(H,46,49)(H,47,50)(H,48,56)(H,51,57). The van der Waals surface area contributed by atoms with Gasteiger partial charge in [0.1, 0.15) is 23.7 Å². The maximum Gasteiger partial charge on any atom is 0.407 e. The molecule has 7 rings (SSSR count). The van der Waals surface area contributed by atoms with E-state index in [2.05, 4.69) is 30.6 Å². The van der Waals surface area contributed by atoms with Gasteiger partial charge in [-0.15, -0.1) is 0 Å². The molecule has 2 aliphatic heterocycles. The van der Waals surface area contributed by atoms with E-state index in [0.717, 1.165) is 46.5 Å². The van der Waals surface area contributed by atoms with Crippen molar-refractivity contribution in [3.63, 3.8) is 0 Å². The molecule has 0 bridgehead atoms.